The standard InChI is InChI=1S/C19H24N4O/c1-14(2)22-18(19-16(4)23(9-10-24)13-21-19)12-20-11-17-8-6-5-7-15(17)3/h5-8,11,13,24H,1,9-10,12H2,2-4H3. The Kier molecular flexibility index (Phi) is 6.21. The Morgan fingerprint density at radius 3 is 2.75 bits per heavy atom. The van der Waals surface area contributed by atoms with Gasteiger partial charge in [0, 0.05) is 24.2 Å². The predicted molar refractivity (Wildman–Crippen MR) is 99.0 cm³/mol. The van der Waals surface area contributed by atoms with Crippen molar-refractivity contribution in [2.45, 2.75) is 27.3 Å². The fourth-order valence-corrected chi connectivity index (χ4v) is 2.42. The van der Waals surface area contributed by atoms with Crippen LogP contribution < -0.4 is 0 Å². The van der Waals surface area contributed by atoms with Crippen LogP contribution in [0.3, 0.4) is 0 Å². The van der Waals surface area contributed by atoms with Crippen LogP contribution in [0.25, 0.3) is 0 Å². The molecule has 0 amide bonds. The van der Waals surface area contributed by atoms with Gasteiger partial charge in [-0.15, -0.1) is 0 Å². The third-order valence-electron chi connectivity index (χ3n) is 3.70. The second kappa shape index (κ2) is 8.36. The van der Waals surface area contributed by atoms with E-state index in [9.17, 15) is 0 Å². The third-order valence-corrected chi connectivity index (χ3v) is 3.70. The molecule has 1 aromatic heterocycles. The van der Waals surface area contributed by atoms with E-state index in [2.05, 4.69) is 34.5 Å². The molecule has 126 valence electrons. The number of rotatable bonds is 7. The molecule has 5 heteroatoms. The first-order chi connectivity index (χ1) is 11.5. The highest BCUT2D eigenvalue weighted by atomic mass is 16.3. The lowest BCUT2D eigenvalue weighted by Crippen LogP contribution is -2.10. The molecule has 1 aromatic carbocycles. The summed E-state index contributed by atoms with van der Waals surface area (Å²) in [5, 5.41) is 9.11. The molecular weight excluding hydrogens is 300 g/mol. The summed E-state index contributed by atoms with van der Waals surface area (Å²) in [6.07, 6.45) is 3.59. The molecule has 5 nitrogen and oxygen atoms in total. The maximum absolute atomic E-state index is 9.11. The molecule has 0 fully saturated rings. The molecule has 0 saturated carbocycles. The largest absolute Gasteiger partial charge is 0.395 e. The summed E-state index contributed by atoms with van der Waals surface area (Å²) in [5.41, 5.74) is 5.54. The Morgan fingerprint density at radius 2 is 2.08 bits per heavy atom. The van der Waals surface area contributed by atoms with Crippen molar-refractivity contribution in [2.75, 3.05) is 13.2 Å². The van der Waals surface area contributed by atoms with Crippen molar-refractivity contribution >= 4 is 11.9 Å². The van der Waals surface area contributed by atoms with Crippen LogP contribution in [0.5, 0.6) is 0 Å². The smallest absolute Gasteiger partial charge is 0.107 e. The molecule has 0 bridgehead atoms. The molecule has 0 unspecified atom stereocenters. The van der Waals surface area contributed by atoms with Gasteiger partial charge >= 0.3 is 0 Å². The van der Waals surface area contributed by atoms with Gasteiger partial charge in [0.1, 0.15) is 5.69 Å². The molecule has 0 saturated heterocycles. The van der Waals surface area contributed by atoms with Crippen LogP contribution in [-0.2, 0) is 6.54 Å². The lowest BCUT2D eigenvalue weighted by Gasteiger charge is -2.06. The molecular formula is C19H24N4O. The predicted octanol–water partition coefficient (Wildman–Crippen LogP) is 2.93. The number of aliphatic hydroxyl groups excluding tert-OH is 1. The maximum atomic E-state index is 9.11. The van der Waals surface area contributed by atoms with E-state index >= 15 is 0 Å². The second-order valence-corrected chi connectivity index (χ2v) is 5.72. The Morgan fingerprint density at radius 1 is 1.33 bits per heavy atom. The van der Waals surface area contributed by atoms with Gasteiger partial charge in [0.25, 0.3) is 0 Å². The highest BCUT2D eigenvalue weighted by molar-refractivity contribution is 6.02. The Hall–Kier alpha value is -2.53. The van der Waals surface area contributed by atoms with E-state index in [1.54, 1.807) is 6.33 Å². The summed E-state index contributed by atoms with van der Waals surface area (Å²) >= 11 is 0. The van der Waals surface area contributed by atoms with Gasteiger partial charge in [-0.05, 0) is 31.9 Å². The number of nitrogens with zero attached hydrogens (tertiary/aromatic N) is 4. The lowest BCUT2D eigenvalue weighted by molar-refractivity contribution is 0.275. The van der Waals surface area contributed by atoms with Gasteiger partial charge < -0.3 is 9.67 Å². The molecule has 2 rings (SSSR count). The molecule has 24 heavy (non-hydrogen) atoms. The van der Waals surface area contributed by atoms with Crippen LogP contribution in [-0.4, -0.2) is 39.7 Å². The summed E-state index contributed by atoms with van der Waals surface area (Å²) < 4.78 is 1.91. The van der Waals surface area contributed by atoms with Crippen LogP contribution >= 0.6 is 0 Å². The third kappa shape index (κ3) is 4.49. The van der Waals surface area contributed by atoms with E-state index in [1.807, 2.05) is 42.8 Å². The van der Waals surface area contributed by atoms with Crippen molar-refractivity contribution in [3.63, 3.8) is 0 Å². The van der Waals surface area contributed by atoms with E-state index in [0.29, 0.717) is 18.8 Å². The van der Waals surface area contributed by atoms with Crippen molar-refractivity contribution < 1.29 is 5.11 Å². The van der Waals surface area contributed by atoms with Gasteiger partial charge in [0.2, 0.25) is 0 Å². The minimum atomic E-state index is 0.0784. The summed E-state index contributed by atoms with van der Waals surface area (Å²) in [4.78, 5) is 13.5. The average molecular weight is 324 g/mol. The molecule has 0 spiro atoms. The molecule has 0 radical (unpaired) electrons. The van der Waals surface area contributed by atoms with E-state index in [-0.39, 0.29) is 6.61 Å². The number of aryl methyl sites for hydroxylation is 1. The van der Waals surface area contributed by atoms with E-state index < -0.39 is 0 Å². The number of imidazole rings is 1. The highest BCUT2D eigenvalue weighted by Crippen LogP contribution is 2.10. The van der Waals surface area contributed by atoms with Gasteiger partial charge in [-0.1, -0.05) is 30.8 Å². The zero-order chi connectivity index (χ0) is 17.5. The van der Waals surface area contributed by atoms with Crippen LogP contribution in [0.2, 0.25) is 0 Å². The normalized spacial score (nSPS) is 12.1. The Bertz CT molecular complexity index is 771. The molecule has 0 aliphatic heterocycles. The number of aliphatic imine (C=N–C) groups is 2. The molecule has 0 aliphatic carbocycles. The maximum Gasteiger partial charge on any atom is 0.107 e. The fraction of sp³-hybridized carbons (Fsp3) is 0.316. The monoisotopic (exact) mass is 324 g/mol. The number of allylic oxidation sites excluding steroid dienone is 1. The van der Waals surface area contributed by atoms with Crippen molar-refractivity contribution in [1.29, 1.82) is 0 Å². The van der Waals surface area contributed by atoms with Crippen LogP contribution in [0, 0.1) is 13.8 Å². The fourth-order valence-electron chi connectivity index (χ4n) is 2.42. The number of aromatic nitrogens is 2. The highest BCUT2D eigenvalue weighted by Gasteiger charge is 2.12. The first-order valence-electron chi connectivity index (χ1n) is 7.94. The van der Waals surface area contributed by atoms with Crippen LogP contribution in [0.15, 0.2) is 52.9 Å². The average Bonchev–Trinajstić information content (AvgIpc) is 2.89. The van der Waals surface area contributed by atoms with Crippen molar-refractivity contribution in [3.05, 3.63) is 65.4 Å². The van der Waals surface area contributed by atoms with E-state index in [4.69, 9.17) is 5.11 Å². The van der Waals surface area contributed by atoms with Crippen LogP contribution in [0.4, 0.5) is 0 Å². The Labute approximate surface area is 143 Å². The number of hydrogen-bond acceptors (Lipinski definition) is 4. The molecule has 0 aliphatic rings. The summed E-state index contributed by atoms with van der Waals surface area (Å²) in [6.45, 7) is 10.8. The first kappa shape index (κ1) is 17.8. The second-order valence-electron chi connectivity index (χ2n) is 5.72. The van der Waals surface area contributed by atoms with Gasteiger partial charge in [0.05, 0.1) is 25.2 Å². The van der Waals surface area contributed by atoms with Gasteiger partial charge in [-0.2, -0.15) is 0 Å². The SMILES string of the molecule is C=C(C)N=C(CN=Cc1ccccc1C)c1ncn(CCO)c1C. The minimum absolute atomic E-state index is 0.0784. The van der Waals surface area contributed by atoms with Gasteiger partial charge in [0.15, 0.2) is 0 Å². The molecule has 1 heterocycles. The number of hydrogen-bond donors (Lipinski definition) is 1. The zero-order valence-electron chi connectivity index (χ0n) is 14.5. The van der Waals surface area contributed by atoms with Gasteiger partial charge in [-0.25, -0.2) is 4.98 Å². The molecule has 1 N–H and O–H groups in total. The summed E-state index contributed by atoms with van der Waals surface area (Å²) in [7, 11) is 0. The molecule has 0 atom stereocenters. The number of benzene rings is 1. The zero-order valence-corrected chi connectivity index (χ0v) is 14.5. The van der Waals surface area contributed by atoms with Crippen molar-refractivity contribution in [3.8, 4) is 0 Å². The summed E-state index contributed by atoms with van der Waals surface area (Å²) in [6, 6.07) is 8.11. The summed E-state index contributed by atoms with van der Waals surface area (Å²) in [5.74, 6) is 0. The minimum Gasteiger partial charge on any atom is -0.395 e. The topological polar surface area (TPSA) is 62.8 Å². The molecule has 2 aromatic rings. The van der Waals surface area contributed by atoms with E-state index in [1.165, 1.54) is 5.56 Å². The van der Waals surface area contributed by atoms with Crippen molar-refractivity contribution in [2.24, 2.45) is 9.98 Å². The first-order valence-corrected chi connectivity index (χ1v) is 7.94. The van der Waals surface area contributed by atoms with Crippen LogP contribution in [0.1, 0.15) is 29.4 Å². The van der Waals surface area contributed by atoms with Gasteiger partial charge in [-0.3, -0.25) is 9.98 Å². The Balaban J connectivity index is 2.24. The quantitative estimate of drug-likeness (QED) is 0.796. The van der Waals surface area contributed by atoms with E-state index in [0.717, 1.165) is 22.7 Å². The number of aliphatic hydroxyl groups is 1. The van der Waals surface area contributed by atoms with Crippen molar-refractivity contribution in [1.82, 2.24) is 9.55 Å². The lowest BCUT2D eigenvalue weighted by atomic mass is 10.1.